The fourth-order valence-corrected chi connectivity index (χ4v) is 3.31. The van der Waals surface area contributed by atoms with Gasteiger partial charge in [0.1, 0.15) is 11.6 Å². The Hall–Kier alpha value is -3.20. The Morgan fingerprint density at radius 3 is 2.19 bits per heavy atom. The molecular weight excluding hydrogens is 436 g/mol. The first-order chi connectivity index (χ1) is 15.0. The van der Waals surface area contributed by atoms with Gasteiger partial charge in [0, 0.05) is 6.07 Å². The molecule has 3 rings (SSSR count). The van der Waals surface area contributed by atoms with Crippen LogP contribution in [-0.4, -0.2) is 19.6 Å². The molecular formula is C23H19F6NO2. The van der Waals surface area contributed by atoms with E-state index in [0.29, 0.717) is 11.6 Å². The van der Waals surface area contributed by atoms with E-state index in [1.165, 1.54) is 19.2 Å². The average Bonchev–Trinajstić information content (AvgIpc) is 2.73. The molecule has 0 aliphatic heterocycles. The van der Waals surface area contributed by atoms with E-state index < -0.39 is 35.5 Å². The van der Waals surface area contributed by atoms with Crippen molar-refractivity contribution in [1.29, 1.82) is 0 Å². The van der Waals surface area contributed by atoms with Crippen LogP contribution in [0.1, 0.15) is 16.7 Å². The summed E-state index contributed by atoms with van der Waals surface area (Å²) in [5.41, 5.74) is 5.78. The number of rotatable bonds is 8. The summed E-state index contributed by atoms with van der Waals surface area (Å²) in [4.78, 5) is 0. The molecule has 0 unspecified atom stereocenters. The monoisotopic (exact) mass is 455 g/mol. The van der Waals surface area contributed by atoms with Gasteiger partial charge in [-0.1, -0.05) is 36.4 Å². The molecule has 170 valence electrons. The van der Waals surface area contributed by atoms with E-state index >= 15 is 0 Å². The minimum Gasteiger partial charge on any atom is -0.494 e. The van der Waals surface area contributed by atoms with E-state index in [9.17, 15) is 26.3 Å². The Balaban J connectivity index is 2.14. The minimum atomic E-state index is -4.84. The van der Waals surface area contributed by atoms with Crippen LogP contribution in [0.2, 0.25) is 0 Å². The second kappa shape index (κ2) is 9.12. The fourth-order valence-electron chi connectivity index (χ4n) is 3.31. The number of benzene rings is 3. The van der Waals surface area contributed by atoms with Gasteiger partial charge in [-0.25, -0.2) is 8.78 Å². The Kier molecular flexibility index (Phi) is 6.68. The Bertz CT molecular complexity index is 1080. The lowest BCUT2D eigenvalue weighted by Gasteiger charge is -2.32. The van der Waals surface area contributed by atoms with Crippen LogP contribution in [0.5, 0.6) is 11.5 Å². The smallest absolute Gasteiger partial charge is 0.461 e. The van der Waals surface area contributed by atoms with Crippen molar-refractivity contribution in [1.82, 2.24) is 0 Å². The lowest BCUT2D eigenvalue weighted by Crippen LogP contribution is -2.41. The van der Waals surface area contributed by atoms with Crippen LogP contribution in [-0.2, 0) is 12.0 Å². The van der Waals surface area contributed by atoms with E-state index in [-0.39, 0.29) is 23.3 Å². The van der Waals surface area contributed by atoms with Crippen LogP contribution in [0, 0.1) is 11.6 Å². The first-order valence-corrected chi connectivity index (χ1v) is 9.38. The van der Waals surface area contributed by atoms with Gasteiger partial charge in [-0.3, -0.25) is 0 Å². The maximum atomic E-state index is 14.4. The van der Waals surface area contributed by atoms with E-state index in [0.717, 1.165) is 18.2 Å². The number of ether oxygens (including phenoxy) is 2. The first-order valence-electron chi connectivity index (χ1n) is 9.38. The van der Waals surface area contributed by atoms with Gasteiger partial charge in [-0.2, -0.15) is 17.6 Å². The topological polar surface area (TPSA) is 44.5 Å². The van der Waals surface area contributed by atoms with Crippen molar-refractivity contribution in [3.05, 3.63) is 95.1 Å². The van der Waals surface area contributed by atoms with Crippen molar-refractivity contribution in [3.63, 3.8) is 0 Å². The standard InChI is InChI=1S/C23H19F6NO2/c1-31-20-8-7-15(11-19(20)25)22(30,13-14-5-3-2-4-6-14)16-9-17(24)12-18(10-16)32-23(28,29)21(26)27/h2-12,21H,13,30H2,1H3/t22-/m1/s1. The molecule has 3 aromatic carbocycles. The number of hydrogen-bond donors (Lipinski definition) is 1. The molecule has 3 aromatic rings. The largest absolute Gasteiger partial charge is 0.494 e. The second-order valence-electron chi connectivity index (χ2n) is 7.12. The van der Waals surface area contributed by atoms with Crippen LogP contribution in [0.25, 0.3) is 0 Å². The molecule has 0 saturated carbocycles. The SMILES string of the molecule is COc1ccc([C@](N)(Cc2ccccc2)c2cc(F)cc(OC(F)(F)C(F)F)c2)cc1F. The zero-order chi connectivity index (χ0) is 23.5. The summed E-state index contributed by atoms with van der Waals surface area (Å²) in [6.45, 7) is 0. The molecule has 0 aliphatic carbocycles. The van der Waals surface area contributed by atoms with Crippen LogP contribution in [0.3, 0.4) is 0 Å². The van der Waals surface area contributed by atoms with E-state index in [2.05, 4.69) is 4.74 Å². The normalized spacial score (nSPS) is 13.7. The van der Waals surface area contributed by atoms with Gasteiger partial charge in [0.15, 0.2) is 11.6 Å². The molecule has 0 spiro atoms. The molecule has 0 aromatic heterocycles. The van der Waals surface area contributed by atoms with E-state index in [1.807, 2.05) is 0 Å². The number of alkyl halides is 4. The Morgan fingerprint density at radius 2 is 1.59 bits per heavy atom. The van der Waals surface area contributed by atoms with Crippen molar-refractivity contribution < 1.29 is 35.8 Å². The highest BCUT2D eigenvalue weighted by molar-refractivity contribution is 5.45. The lowest BCUT2D eigenvalue weighted by atomic mass is 9.78. The number of methoxy groups -OCH3 is 1. The van der Waals surface area contributed by atoms with Crippen LogP contribution < -0.4 is 15.2 Å². The molecule has 0 amide bonds. The summed E-state index contributed by atoms with van der Waals surface area (Å²) >= 11 is 0. The van der Waals surface area contributed by atoms with Gasteiger partial charge in [-0.05, 0) is 47.4 Å². The molecule has 0 aliphatic rings. The Morgan fingerprint density at radius 1 is 0.906 bits per heavy atom. The molecule has 9 heteroatoms. The van der Waals surface area contributed by atoms with E-state index in [1.54, 1.807) is 30.3 Å². The highest BCUT2D eigenvalue weighted by Crippen LogP contribution is 2.37. The third-order valence-electron chi connectivity index (χ3n) is 4.89. The molecule has 0 bridgehead atoms. The predicted octanol–water partition coefficient (Wildman–Crippen LogP) is 5.66. The summed E-state index contributed by atoms with van der Waals surface area (Å²) in [5, 5.41) is 0. The summed E-state index contributed by atoms with van der Waals surface area (Å²) < 4.78 is 89.7. The zero-order valence-electron chi connectivity index (χ0n) is 16.8. The maximum Gasteiger partial charge on any atom is 0.461 e. The van der Waals surface area contributed by atoms with Gasteiger partial charge < -0.3 is 15.2 Å². The summed E-state index contributed by atoms with van der Waals surface area (Å²) in [6, 6.07) is 15.0. The molecule has 0 radical (unpaired) electrons. The lowest BCUT2D eigenvalue weighted by molar-refractivity contribution is -0.253. The fraction of sp³-hybridized carbons (Fsp3) is 0.217. The average molecular weight is 455 g/mol. The molecule has 3 nitrogen and oxygen atoms in total. The van der Waals surface area contributed by atoms with Gasteiger partial charge in [0.25, 0.3) is 0 Å². The zero-order valence-corrected chi connectivity index (χ0v) is 16.8. The second-order valence-corrected chi connectivity index (χ2v) is 7.12. The van der Waals surface area contributed by atoms with Crippen LogP contribution in [0.15, 0.2) is 66.7 Å². The van der Waals surface area contributed by atoms with Crippen LogP contribution in [0.4, 0.5) is 26.3 Å². The van der Waals surface area contributed by atoms with Gasteiger partial charge in [0.2, 0.25) is 0 Å². The third kappa shape index (κ3) is 4.99. The van der Waals surface area contributed by atoms with Crippen molar-refractivity contribution in [2.45, 2.75) is 24.5 Å². The van der Waals surface area contributed by atoms with Gasteiger partial charge in [0.05, 0.1) is 12.6 Å². The third-order valence-corrected chi connectivity index (χ3v) is 4.89. The summed E-state index contributed by atoms with van der Waals surface area (Å²) in [5.74, 6) is -2.69. The number of nitrogens with two attached hydrogens (primary N) is 1. The van der Waals surface area contributed by atoms with Gasteiger partial charge >= 0.3 is 12.5 Å². The maximum absolute atomic E-state index is 14.4. The molecule has 0 fully saturated rings. The molecule has 1 atom stereocenters. The summed E-state index contributed by atoms with van der Waals surface area (Å²) in [6.07, 6.45) is -8.96. The quantitative estimate of drug-likeness (QED) is 0.446. The number of halogens is 6. The van der Waals surface area contributed by atoms with Crippen molar-refractivity contribution in [2.75, 3.05) is 7.11 Å². The number of hydrogen-bond acceptors (Lipinski definition) is 3. The van der Waals surface area contributed by atoms with Gasteiger partial charge in [-0.15, -0.1) is 0 Å². The highest BCUT2D eigenvalue weighted by atomic mass is 19.3. The van der Waals surface area contributed by atoms with E-state index in [4.69, 9.17) is 10.5 Å². The Labute approximate surface area is 180 Å². The van der Waals surface area contributed by atoms with Crippen molar-refractivity contribution >= 4 is 0 Å². The first kappa shape index (κ1) is 23.5. The summed E-state index contributed by atoms with van der Waals surface area (Å²) in [7, 11) is 1.27. The molecule has 0 heterocycles. The van der Waals surface area contributed by atoms with Crippen LogP contribution >= 0.6 is 0 Å². The highest BCUT2D eigenvalue weighted by Gasteiger charge is 2.44. The van der Waals surface area contributed by atoms with Crippen molar-refractivity contribution in [2.24, 2.45) is 5.73 Å². The minimum absolute atomic E-state index is 0.00768. The molecule has 0 saturated heterocycles. The molecule has 32 heavy (non-hydrogen) atoms. The van der Waals surface area contributed by atoms with Crippen molar-refractivity contribution in [3.8, 4) is 11.5 Å². The molecule has 2 N–H and O–H groups in total. The predicted molar refractivity (Wildman–Crippen MR) is 106 cm³/mol.